The number of hydrogen-bond donors (Lipinski definition) is 0. The highest BCUT2D eigenvalue weighted by Crippen LogP contribution is 2.57. The van der Waals surface area contributed by atoms with Crippen molar-refractivity contribution in [1.29, 1.82) is 0 Å². The van der Waals surface area contributed by atoms with Crippen molar-refractivity contribution in [3.63, 3.8) is 0 Å². The molecule has 12 nitrogen and oxygen atoms in total. The summed E-state index contributed by atoms with van der Waals surface area (Å²) in [7, 11) is 6.97. The number of likely N-dealkylation sites (N-methyl/N-ethyl adjacent to an activating group) is 1. The van der Waals surface area contributed by atoms with Crippen LogP contribution in [0.1, 0.15) is 39.9 Å². The van der Waals surface area contributed by atoms with Gasteiger partial charge in [-0.25, -0.2) is 9.59 Å². The van der Waals surface area contributed by atoms with E-state index in [9.17, 15) is 19.2 Å². The van der Waals surface area contributed by atoms with Crippen LogP contribution in [0.25, 0.3) is 0 Å². The third-order valence-corrected chi connectivity index (χ3v) is 12.9. The lowest BCUT2D eigenvalue weighted by Gasteiger charge is -2.48. The number of piperazine rings is 2. The highest BCUT2D eigenvalue weighted by molar-refractivity contribution is 8.76. The summed E-state index contributed by atoms with van der Waals surface area (Å²) in [6.07, 6.45) is -0.171. The number of hydrogen-bond acceptors (Lipinski definition) is 11. The van der Waals surface area contributed by atoms with Gasteiger partial charge in [-0.1, -0.05) is 39.8 Å². The second kappa shape index (κ2) is 13.6. The summed E-state index contributed by atoms with van der Waals surface area (Å²) in [4.78, 5) is 60.9. The molecule has 5 heterocycles. The van der Waals surface area contributed by atoms with Gasteiger partial charge in [0.2, 0.25) is 11.8 Å². The van der Waals surface area contributed by atoms with Crippen LogP contribution in [-0.2, 0) is 19.9 Å². The Labute approximate surface area is 303 Å². The van der Waals surface area contributed by atoms with Crippen LogP contribution in [0.2, 0.25) is 0 Å². The minimum Gasteiger partial charge on any atom is -0.497 e. The van der Waals surface area contributed by atoms with E-state index in [4.69, 9.17) is 18.9 Å². The van der Waals surface area contributed by atoms with Crippen molar-refractivity contribution < 1.29 is 38.1 Å². The monoisotopic (exact) mass is 730 g/mol. The van der Waals surface area contributed by atoms with E-state index in [1.54, 1.807) is 76.1 Å². The number of esters is 1. The molecule has 0 N–H and O–H groups in total. The average Bonchev–Trinajstić information content (AvgIpc) is 3.45. The van der Waals surface area contributed by atoms with E-state index >= 15 is 0 Å². The van der Waals surface area contributed by atoms with Gasteiger partial charge in [-0.2, -0.15) is 0 Å². The van der Waals surface area contributed by atoms with Crippen LogP contribution >= 0.6 is 21.6 Å². The molecule has 3 atom stereocenters. The maximum atomic E-state index is 13.8. The summed E-state index contributed by atoms with van der Waals surface area (Å²) in [5.41, 5.74) is 1.18. The molecule has 1 spiro atoms. The predicted molar refractivity (Wildman–Crippen MR) is 191 cm³/mol. The second-order valence-electron chi connectivity index (χ2n) is 13.3. The Morgan fingerprint density at radius 3 is 2.14 bits per heavy atom. The van der Waals surface area contributed by atoms with E-state index in [2.05, 4.69) is 4.90 Å². The third-order valence-electron chi connectivity index (χ3n) is 10.4. The summed E-state index contributed by atoms with van der Waals surface area (Å²) in [5.74, 6) is 2.53. The largest absolute Gasteiger partial charge is 0.497 e. The first-order valence-electron chi connectivity index (χ1n) is 17.1. The average molecular weight is 731 g/mol. The summed E-state index contributed by atoms with van der Waals surface area (Å²) in [6.45, 7) is 3.72. The van der Waals surface area contributed by atoms with Crippen LogP contribution in [-0.4, -0.2) is 120 Å². The summed E-state index contributed by atoms with van der Waals surface area (Å²) < 4.78 is 24.1. The normalized spacial score (nSPS) is 23.7. The Morgan fingerprint density at radius 1 is 0.784 bits per heavy atom. The van der Waals surface area contributed by atoms with Crippen LogP contribution in [0.5, 0.6) is 23.0 Å². The van der Waals surface area contributed by atoms with Crippen LogP contribution in [0, 0.1) is 0 Å². The van der Waals surface area contributed by atoms with Crippen molar-refractivity contribution in [3.8, 4) is 23.0 Å². The van der Waals surface area contributed by atoms with Gasteiger partial charge in [0.15, 0.2) is 5.60 Å². The smallest absolute Gasteiger partial charge is 0.415 e. The zero-order chi connectivity index (χ0) is 35.3. The fourth-order valence-corrected chi connectivity index (χ4v) is 10.4. The minimum atomic E-state index is -1.26. The fourth-order valence-electron chi connectivity index (χ4n) is 7.69. The zero-order valence-electron chi connectivity index (χ0n) is 28.4. The molecule has 0 aliphatic carbocycles. The number of fused-ring (bicyclic) bond motifs is 7. The molecular formula is C37H38N4O8S2. The van der Waals surface area contributed by atoms with Gasteiger partial charge in [0, 0.05) is 92.4 Å². The molecule has 51 heavy (non-hydrogen) atoms. The number of nitrogens with zero attached hydrogens (tertiary/aromatic N) is 4. The molecule has 0 saturated carbocycles. The van der Waals surface area contributed by atoms with Crippen LogP contribution in [0.15, 0.2) is 60.7 Å². The molecule has 0 aromatic heterocycles. The number of methoxy groups -OCH3 is 1. The number of rotatable bonds is 5. The lowest BCUT2D eigenvalue weighted by Crippen LogP contribution is -2.65. The quantitative estimate of drug-likeness (QED) is 0.271. The predicted octanol–water partition coefficient (Wildman–Crippen LogP) is 4.59. The van der Waals surface area contributed by atoms with Crippen molar-refractivity contribution in [1.82, 2.24) is 19.6 Å². The van der Waals surface area contributed by atoms with Gasteiger partial charge in [0.1, 0.15) is 23.0 Å². The first-order chi connectivity index (χ1) is 24.8. The van der Waals surface area contributed by atoms with E-state index in [-0.39, 0.29) is 42.5 Å². The Bertz CT molecular complexity index is 1900. The highest BCUT2D eigenvalue weighted by atomic mass is 33.1. The van der Waals surface area contributed by atoms with E-state index in [0.29, 0.717) is 77.2 Å². The van der Waals surface area contributed by atoms with E-state index < -0.39 is 17.7 Å². The number of benzene rings is 3. The number of ether oxygens (including phenoxy) is 4. The molecule has 266 valence electrons. The first kappa shape index (κ1) is 33.7. The molecule has 3 saturated heterocycles. The van der Waals surface area contributed by atoms with Crippen LogP contribution in [0.3, 0.4) is 0 Å². The molecular weight excluding hydrogens is 693 g/mol. The molecule has 8 rings (SSSR count). The van der Waals surface area contributed by atoms with Gasteiger partial charge in [-0.05, 0) is 37.4 Å². The third kappa shape index (κ3) is 5.96. The van der Waals surface area contributed by atoms with E-state index in [1.165, 1.54) is 0 Å². The van der Waals surface area contributed by atoms with Gasteiger partial charge in [-0.15, -0.1) is 0 Å². The minimum absolute atomic E-state index is 0.0154. The molecule has 14 heteroatoms. The van der Waals surface area contributed by atoms with Crippen molar-refractivity contribution >= 4 is 45.5 Å². The van der Waals surface area contributed by atoms with Crippen LogP contribution < -0.4 is 14.2 Å². The lowest BCUT2D eigenvalue weighted by molar-refractivity contribution is -0.141. The Morgan fingerprint density at radius 2 is 1.41 bits per heavy atom. The SMILES string of the molecule is COc1ccc2c(c1)Oc1cc(OC(=O)N3CCN(C(=O)CCC(=O)N4CCN(C)CC4)C4CSSC[C@@H]43)ccc1C21OC(=O)c2ccccc21. The van der Waals surface area contributed by atoms with Crippen molar-refractivity contribution in [2.75, 3.05) is 64.9 Å². The van der Waals surface area contributed by atoms with E-state index in [0.717, 1.165) is 13.1 Å². The van der Waals surface area contributed by atoms with Crippen molar-refractivity contribution in [2.45, 2.75) is 30.5 Å². The topological polar surface area (TPSA) is 118 Å². The first-order valence-corrected chi connectivity index (χ1v) is 19.6. The molecule has 5 aliphatic heterocycles. The molecule has 0 radical (unpaired) electrons. The van der Waals surface area contributed by atoms with E-state index in [1.807, 2.05) is 35.0 Å². The van der Waals surface area contributed by atoms with Gasteiger partial charge in [-0.3, -0.25) is 9.59 Å². The molecule has 3 amide bonds. The van der Waals surface area contributed by atoms with Gasteiger partial charge in [0.05, 0.1) is 24.8 Å². The molecule has 3 aromatic rings. The molecule has 3 aromatic carbocycles. The van der Waals surface area contributed by atoms with Gasteiger partial charge < -0.3 is 38.5 Å². The molecule has 2 unspecified atom stereocenters. The Hall–Kier alpha value is -4.40. The number of amides is 3. The fraction of sp³-hybridized carbons (Fsp3) is 0.405. The number of carbonyl (C=O) groups is 4. The van der Waals surface area contributed by atoms with Gasteiger partial charge in [0.25, 0.3) is 0 Å². The Balaban J connectivity index is 0.999. The van der Waals surface area contributed by atoms with Crippen molar-refractivity contribution in [3.05, 3.63) is 82.9 Å². The molecule has 3 fully saturated rings. The maximum Gasteiger partial charge on any atom is 0.415 e. The summed E-state index contributed by atoms with van der Waals surface area (Å²) in [6, 6.07) is 17.4. The summed E-state index contributed by atoms with van der Waals surface area (Å²) in [5, 5.41) is 0. The lowest BCUT2D eigenvalue weighted by atomic mass is 9.77. The van der Waals surface area contributed by atoms with Crippen molar-refractivity contribution in [2.24, 2.45) is 0 Å². The zero-order valence-corrected chi connectivity index (χ0v) is 30.0. The maximum absolute atomic E-state index is 13.8. The summed E-state index contributed by atoms with van der Waals surface area (Å²) >= 11 is 0. The highest BCUT2D eigenvalue weighted by Gasteiger charge is 2.53. The second-order valence-corrected chi connectivity index (χ2v) is 15.8. The van der Waals surface area contributed by atoms with Crippen LogP contribution in [0.4, 0.5) is 4.79 Å². The van der Waals surface area contributed by atoms with Gasteiger partial charge >= 0.3 is 12.1 Å². The Kier molecular flexibility index (Phi) is 9.01. The molecule has 0 bridgehead atoms. The standard InChI is InChI=1S/C37H38N4O8S2/c1-38-13-15-39(16-14-38)33(42)11-12-34(43)40-17-18-41(30-22-51-50-21-29(30)40)36(45)47-24-8-10-28-32(20-24)48-31-19-23(46-2)7-9-27(31)37(28)26-6-4-3-5-25(26)35(44)49-37/h3-10,19-20,29-30H,11-18,21-22H2,1-2H3/t29?,30-,37?/m0/s1. The number of carbonyl (C=O) groups excluding carboxylic acids is 4. The molecule has 5 aliphatic rings.